The van der Waals surface area contributed by atoms with E-state index in [4.69, 9.17) is 4.74 Å². The van der Waals surface area contributed by atoms with Gasteiger partial charge in [0, 0.05) is 6.54 Å². The van der Waals surface area contributed by atoms with Crippen LogP contribution in [0.4, 0.5) is 0 Å². The van der Waals surface area contributed by atoms with E-state index in [1.165, 1.54) is 5.56 Å². The van der Waals surface area contributed by atoms with Crippen LogP contribution in [0.1, 0.15) is 24.8 Å². The quantitative estimate of drug-likeness (QED) is 0.887. The van der Waals surface area contributed by atoms with Crippen LogP contribution in [0.5, 0.6) is 5.75 Å². The summed E-state index contributed by atoms with van der Waals surface area (Å²) in [5.41, 5.74) is 0.755. The predicted molar refractivity (Wildman–Crippen MR) is 73.0 cm³/mol. The Morgan fingerprint density at radius 1 is 1.33 bits per heavy atom. The molecule has 1 heterocycles. The van der Waals surface area contributed by atoms with Gasteiger partial charge in [0.15, 0.2) is 0 Å². The van der Waals surface area contributed by atoms with Gasteiger partial charge in [0.2, 0.25) is 0 Å². The van der Waals surface area contributed by atoms with Crippen LogP contribution in [-0.4, -0.2) is 42.9 Å². The van der Waals surface area contributed by atoms with Crippen molar-refractivity contribution in [2.24, 2.45) is 0 Å². The van der Waals surface area contributed by atoms with Gasteiger partial charge in [0.05, 0.1) is 12.7 Å². The highest BCUT2D eigenvalue weighted by molar-refractivity contribution is 5.27. The molecule has 0 bridgehead atoms. The Morgan fingerprint density at radius 3 is 2.67 bits per heavy atom. The topological polar surface area (TPSA) is 32.7 Å². The lowest BCUT2D eigenvalue weighted by Gasteiger charge is -2.37. The smallest absolute Gasteiger partial charge is 0.118 e. The number of β-amino-alcohol motifs (C(OH)–C–C–N with tert-alkyl or cyclic N) is 1. The third-order valence-electron chi connectivity index (χ3n) is 3.78. The van der Waals surface area contributed by atoms with Gasteiger partial charge < -0.3 is 14.7 Å². The summed E-state index contributed by atoms with van der Waals surface area (Å²) >= 11 is 0. The van der Waals surface area contributed by atoms with Gasteiger partial charge in [0.1, 0.15) is 5.75 Å². The monoisotopic (exact) mass is 249 g/mol. The van der Waals surface area contributed by atoms with E-state index in [1.807, 2.05) is 12.1 Å². The highest BCUT2D eigenvalue weighted by atomic mass is 16.5. The van der Waals surface area contributed by atoms with Crippen LogP contribution in [0.15, 0.2) is 24.3 Å². The number of rotatable bonds is 4. The molecule has 0 radical (unpaired) electrons. The number of piperidine rings is 1. The van der Waals surface area contributed by atoms with Crippen LogP contribution in [0.25, 0.3) is 0 Å². The van der Waals surface area contributed by atoms with E-state index in [-0.39, 0.29) is 0 Å². The van der Waals surface area contributed by atoms with Crippen LogP contribution in [0, 0.1) is 0 Å². The van der Waals surface area contributed by atoms with Crippen LogP contribution in [0.3, 0.4) is 0 Å². The zero-order valence-electron chi connectivity index (χ0n) is 11.4. The Labute approximate surface area is 109 Å². The van der Waals surface area contributed by atoms with Crippen molar-refractivity contribution in [2.75, 3.05) is 27.2 Å². The number of hydrogen-bond donors (Lipinski definition) is 1. The first-order valence-corrected chi connectivity index (χ1v) is 6.65. The van der Waals surface area contributed by atoms with E-state index in [0.717, 1.165) is 44.5 Å². The molecule has 100 valence electrons. The molecule has 3 nitrogen and oxygen atoms in total. The summed E-state index contributed by atoms with van der Waals surface area (Å²) in [5.74, 6) is 0.884. The van der Waals surface area contributed by atoms with Crippen molar-refractivity contribution in [3.8, 4) is 5.75 Å². The summed E-state index contributed by atoms with van der Waals surface area (Å²) in [7, 11) is 3.76. The minimum absolute atomic E-state index is 0.507. The maximum atomic E-state index is 10.5. The number of ether oxygens (including phenoxy) is 1. The maximum Gasteiger partial charge on any atom is 0.118 e. The van der Waals surface area contributed by atoms with Gasteiger partial charge in [-0.25, -0.2) is 0 Å². The highest BCUT2D eigenvalue weighted by Gasteiger charge is 2.31. The van der Waals surface area contributed by atoms with Gasteiger partial charge in [-0.3, -0.25) is 0 Å². The largest absolute Gasteiger partial charge is 0.497 e. The highest BCUT2D eigenvalue weighted by Crippen LogP contribution is 2.25. The molecule has 1 saturated heterocycles. The summed E-state index contributed by atoms with van der Waals surface area (Å²) in [5, 5.41) is 10.5. The molecule has 0 spiro atoms. The fourth-order valence-electron chi connectivity index (χ4n) is 2.71. The third kappa shape index (κ3) is 3.47. The molecule has 1 fully saturated rings. The molecular formula is C15H23NO2. The lowest BCUT2D eigenvalue weighted by Crippen LogP contribution is -2.46. The van der Waals surface area contributed by atoms with E-state index in [9.17, 15) is 5.11 Å². The number of hydrogen-bond acceptors (Lipinski definition) is 3. The average molecular weight is 249 g/mol. The van der Waals surface area contributed by atoms with Crippen LogP contribution >= 0.6 is 0 Å². The van der Waals surface area contributed by atoms with Crippen molar-refractivity contribution < 1.29 is 9.84 Å². The molecule has 0 aromatic heterocycles. The van der Waals surface area contributed by atoms with Crippen LogP contribution in [0.2, 0.25) is 0 Å². The summed E-state index contributed by atoms with van der Waals surface area (Å²) in [6.45, 7) is 1.90. The first kappa shape index (κ1) is 13.4. The van der Waals surface area contributed by atoms with Crippen molar-refractivity contribution in [3.05, 3.63) is 29.8 Å². The van der Waals surface area contributed by atoms with Crippen molar-refractivity contribution in [3.63, 3.8) is 0 Å². The zero-order valence-corrected chi connectivity index (χ0v) is 11.4. The molecule has 2 rings (SSSR count). The Kier molecular flexibility index (Phi) is 4.25. The molecule has 1 unspecified atom stereocenters. The Morgan fingerprint density at radius 2 is 2.06 bits per heavy atom. The van der Waals surface area contributed by atoms with E-state index < -0.39 is 5.60 Å². The molecule has 0 amide bonds. The second kappa shape index (κ2) is 5.72. The summed E-state index contributed by atoms with van der Waals surface area (Å²) in [6, 6.07) is 8.11. The summed E-state index contributed by atoms with van der Waals surface area (Å²) < 4.78 is 5.14. The van der Waals surface area contributed by atoms with Gasteiger partial charge in [-0.2, -0.15) is 0 Å². The molecule has 1 atom stereocenters. The van der Waals surface area contributed by atoms with Gasteiger partial charge in [-0.1, -0.05) is 12.1 Å². The van der Waals surface area contributed by atoms with Crippen LogP contribution in [-0.2, 0) is 6.42 Å². The summed E-state index contributed by atoms with van der Waals surface area (Å²) in [6.07, 6.45) is 3.78. The third-order valence-corrected chi connectivity index (χ3v) is 3.78. The SMILES string of the molecule is COc1ccc(CCC2(O)CCCN(C)C2)cc1. The molecular weight excluding hydrogens is 226 g/mol. The van der Waals surface area contributed by atoms with Crippen molar-refractivity contribution in [2.45, 2.75) is 31.3 Å². The number of likely N-dealkylation sites (N-methyl/N-ethyl adjacent to an activating group) is 1. The molecule has 0 aliphatic carbocycles. The molecule has 1 N–H and O–H groups in total. The zero-order chi connectivity index (χ0) is 13.0. The summed E-state index contributed by atoms with van der Waals surface area (Å²) in [4.78, 5) is 2.22. The molecule has 1 aromatic rings. The van der Waals surface area contributed by atoms with Gasteiger partial charge in [0.25, 0.3) is 0 Å². The Balaban J connectivity index is 1.89. The number of likely N-dealkylation sites (tertiary alicyclic amines) is 1. The normalized spacial score (nSPS) is 25.1. The molecule has 1 aliphatic heterocycles. The first-order chi connectivity index (χ1) is 8.61. The first-order valence-electron chi connectivity index (χ1n) is 6.65. The molecule has 1 aromatic carbocycles. The van der Waals surface area contributed by atoms with Crippen molar-refractivity contribution in [1.82, 2.24) is 4.90 Å². The van der Waals surface area contributed by atoms with Gasteiger partial charge >= 0.3 is 0 Å². The lowest BCUT2D eigenvalue weighted by atomic mass is 9.87. The Hall–Kier alpha value is -1.06. The van der Waals surface area contributed by atoms with Crippen LogP contribution < -0.4 is 4.74 Å². The lowest BCUT2D eigenvalue weighted by molar-refractivity contribution is -0.0291. The van der Waals surface area contributed by atoms with Gasteiger partial charge in [-0.15, -0.1) is 0 Å². The number of methoxy groups -OCH3 is 1. The van der Waals surface area contributed by atoms with E-state index in [2.05, 4.69) is 24.1 Å². The van der Waals surface area contributed by atoms with E-state index >= 15 is 0 Å². The maximum absolute atomic E-state index is 10.5. The minimum atomic E-state index is -0.507. The number of benzene rings is 1. The fraction of sp³-hybridized carbons (Fsp3) is 0.600. The molecule has 0 saturated carbocycles. The van der Waals surface area contributed by atoms with E-state index in [0.29, 0.717) is 0 Å². The molecule has 1 aliphatic rings. The predicted octanol–water partition coefficient (Wildman–Crippen LogP) is 2.08. The fourth-order valence-corrected chi connectivity index (χ4v) is 2.71. The number of aryl methyl sites for hydroxylation is 1. The minimum Gasteiger partial charge on any atom is -0.497 e. The number of aliphatic hydroxyl groups is 1. The Bertz CT molecular complexity index is 377. The second-order valence-electron chi connectivity index (χ2n) is 5.41. The average Bonchev–Trinajstić information content (AvgIpc) is 2.37. The standard InChI is InChI=1S/C15H23NO2/c1-16-11-3-9-15(17,12-16)10-8-13-4-6-14(18-2)7-5-13/h4-7,17H,3,8-12H2,1-2H3. The molecule has 3 heteroatoms. The second-order valence-corrected chi connectivity index (χ2v) is 5.41. The van der Waals surface area contributed by atoms with Crippen molar-refractivity contribution >= 4 is 0 Å². The number of nitrogens with zero attached hydrogens (tertiary/aromatic N) is 1. The molecule has 18 heavy (non-hydrogen) atoms. The van der Waals surface area contributed by atoms with E-state index in [1.54, 1.807) is 7.11 Å². The van der Waals surface area contributed by atoms with Crippen molar-refractivity contribution in [1.29, 1.82) is 0 Å². The van der Waals surface area contributed by atoms with Gasteiger partial charge in [-0.05, 0) is 57.0 Å².